The van der Waals surface area contributed by atoms with E-state index < -0.39 is 0 Å². The molecule has 1 aliphatic rings. The van der Waals surface area contributed by atoms with Crippen molar-refractivity contribution in [3.05, 3.63) is 13.8 Å². The molecule has 2 heteroatoms. The van der Waals surface area contributed by atoms with Gasteiger partial charge in [-0.2, -0.15) is 12.3 Å². The summed E-state index contributed by atoms with van der Waals surface area (Å²) >= 11 is 0. The zero-order valence-corrected chi connectivity index (χ0v) is 22.4. The Morgan fingerprint density at radius 2 is 1.23 bits per heavy atom. The van der Waals surface area contributed by atoms with E-state index in [4.69, 9.17) is 4.74 Å². The van der Waals surface area contributed by atoms with Crippen LogP contribution in [0.2, 0.25) is 0 Å². The van der Waals surface area contributed by atoms with Crippen molar-refractivity contribution < 1.29 is 37.4 Å². The Morgan fingerprint density at radius 3 is 1.54 bits per heavy atom. The van der Waals surface area contributed by atoms with E-state index in [1.807, 2.05) is 0 Å². The molecule has 1 rings (SSSR count). The topological polar surface area (TPSA) is 9.23 Å². The molecule has 0 amide bonds. The SMILES string of the molecule is CC(C)CCOC1CC(CCC(C)C)C1.[CH2-]C(C)C.[CH2-]CCC(C)C.[Y]. The van der Waals surface area contributed by atoms with E-state index in [9.17, 15) is 0 Å². The van der Waals surface area contributed by atoms with E-state index in [1.54, 1.807) is 0 Å². The van der Waals surface area contributed by atoms with Gasteiger partial charge in [0, 0.05) is 39.3 Å². The van der Waals surface area contributed by atoms with Gasteiger partial charge in [-0.15, -0.1) is 0 Å². The second kappa shape index (κ2) is 20.8. The van der Waals surface area contributed by atoms with Crippen molar-refractivity contribution >= 4 is 0 Å². The van der Waals surface area contributed by atoms with Crippen LogP contribution in [0.15, 0.2) is 0 Å². The van der Waals surface area contributed by atoms with Gasteiger partial charge in [-0.05, 0) is 42.9 Å². The summed E-state index contributed by atoms with van der Waals surface area (Å²) in [6.07, 6.45) is 9.62. The van der Waals surface area contributed by atoms with Gasteiger partial charge in [-0.25, -0.2) is 0 Å². The van der Waals surface area contributed by atoms with Crippen LogP contribution < -0.4 is 0 Å². The summed E-state index contributed by atoms with van der Waals surface area (Å²) in [6, 6.07) is 0. The fourth-order valence-corrected chi connectivity index (χ4v) is 2.49. The van der Waals surface area contributed by atoms with Gasteiger partial charge in [0.1, 0.15) is 0 Å². The van der Waals surface area contributed by atoms with Gasteiger partial charge >= 0.3 is 0 Å². The average Bonchev–Trinajstić information content (AvgIpc) is 2.39. The van der Waals surface area contributed by atoms with Crippen molar-refractivity contribution in [2.75, 3.05) is 6.61 Å². The Kier molecular flexibility index (Phi) is 25.4. The molecule has 26 heavy (non-hydrogen) atoms. The summed E-state index contributed by atoms with van der Waals surface area (Å²) in [5.74, 6) is 4.03. The largest absolute Gasteiger partial charge is 0.378 e. The quantitative estimate of drug-likeness (QED) is 0.328. The first-order valence-corrected chi connectivity index (χ1v) is 10.8. The molecule has 1 fully saturated rings. The maximum absolute atomic E-state index is 5.83. The smallest absolute Gasteiger partial charge is 0.0580 e. The number of rotatable bonds is 9. The van der Waals surface area contributed by atoms with E-state index in [2.05, 4.69) is 69.2 Å². The van der Waals surface area contributed by atoms with Crippen LogP contribution in [-0.2, 0) is 37.4 Å². The van der Waals surface area contributed by atoms with Gasteiger partial charge in [0.25, 0.3) is 0 Å². The van der Waals surface area contributed by atoms with E-state index in [0.717, 1.165) is 36.7 Å². The summed E-state index contributed by atoms with van der Waals surface area (Å²) in [5, 5.41) is 0. The van der Waals surface area contributed by atoms with Crippen molar-refractivity contribution in [2.24, 2.45) is 29.6 Å². The van der Waals surface area contributed by atoms with Gasteiger partial charge < -0.3 is 18.6 Å². The Labute approximate surface area is 193 Å². The number of hydrogen-bond acceptors (Lipinski definition) is 1. The van der Waals surface area contributed by atoms with Crippen LogP contribution in [0.3, 0.4) is 0 Å². The van der Waals surface area contributed by atoms with Crippen LogP contribution in [0.4, 0.5) is 0 Å². The van der Waals surface area contributed by atoms with Crippen molar-refractivity contribution in [3.8, 4) is 0 Å². The average molecular weight is 444 g/mol. The molecule has 0 aromatic carbocycles. The Balaban J connectivity index is -0.000000402. The van der Waals surface area contributed by atoms with E-state index >= 15 is 0 Å². The van der Waals surface area contributed by atoms with Crippen LogP contribution in [0, 0.1) is 43.4 Å². The minimum atomic E-state index is 0. The molecule has 0 atom stereocenters. The van der Waals surface area contributed by atoms with Gasteiger partial charge in [0.05, 0.1) is 6.10 Å². The molecule has 1 nitrogen and oxygen atoms in total. The monoisotopic (exact) mass is 443 g/mol. The van der Waals surface area contributed by atoms with Crippen LogP contribution in [0.5, 0.6) is 0 Å². The van der Waals surface area contributed by atoms with Crippen LogP contribution in [-0.4, -0.2) is 12.7 Å². The van der Waals surface area contributed by atoms with Gasteiger partial charge in [-0.3, -0.25) is 0 Å². The Hall–Kier alpha value is 1.06. The fraction of sp³-hybridized carbons (Fsp3) is 0.917. The van der Waals surface area contributed by atoms with E-state index in [-0.39, 0.29) is 32.7 Å². The van der Waals surface area contributed by atoms with Crippen LogP contribution >= 0.6 is 0 Å². The molecular weight excluding hydrogens is 393 g/mol. The predicted octanol–water partition coefficient (Wildman–Crippen LogP) is 7.99. The second-order valence-electron chi connectivity index (χ2n) is 9.41. The normalized spacial score (nSPS) is 18.7. The molecule has 0 spiro atoms. The first kappa shape index (κ1) is 31.7. The molecule has 0 unspecified atom stereocenters. The molecule has 0 saturated heterocycles. The zero-order chi connectivity index (χ0) is 19.8. The fourth-order valence-electron chi connectivity index (χ4n) is 2.49. The van der Waals surface area contributed by atoms with E-state index in [0.29, 0.717) is 12.0 Å². The molecular formula is C24H50OY-2. The van der Waals surface area contributed by atoms with Crippen molar-refractivity contribution in [3.63, 3.8) is 0 Å². The van der Waals surface area contributed by atoms with Gasteiger partial charge in [0.2, 0.25) is 0 Å². The molecule has 1 aliphatic carbocycles. The summed E-state index contributed by atoms with van der Waals surface area (Å²) in [6.45, 7) is 26.0. The minimum absolute atomic E-state index is 0. The molecule has 0 aliphatic heterocycles. The number of hydrogen-bond donors (Lipinski definition) is 0. The molecule has 0 aromatic rings. The van der Waals surface area contributed by atoms with Crippen molar-refractivity contribution in [1.82, 2.24) is 0 Å². The van der Waals surface area contributed by atoms with Crippen LogP contribution in [0.1, 0.15) is 100 Å². The zero-order valence-electron chi connectivity index (χ0n) is 19.5. The number of ether oxygens (including phenoxy) is 1. The van der Waals surface area contributed by atoms with Crippen LogP contribution in [0.25, 0.3) is 0 Å². The molecule has 157 valence electrons. The third kappa shape index (κ3) is 27.3. The van der Waals surface area contributed by atoms with Crippen molar-refractivity contribution in [2.45, 2.75) is 106 Å². The molecule has 0 bridgehead atoms. The Morgan fingerprint density at radius 1 is 0.808 bits per heavy atom. The summed E-state index contributed by atoms with van der Waals surface area (Å²) in [5.41, 5.74) is 0. The molecule has 1 radical (unpaired) electrons. The minimum Gasteiger partial charge on any atom is -0.378 e. The predicted molar refractivity (Wildman–Crippen MR) is 116 cm³/mol. The molecule has 0 N–H and O–H groups in total. The van der Waals surface area contributed by atoms with E-state index in [1.165, 1.54) is 38.5 Å². The first-order chi connectivity index (χ1) is 11.6. The third-order valence-corrected chi connectivity index (χ3v) is 4.17. The van der Waals surface area contributed by atoms with Gasteiger partial charge in [0.15, 0.2) is 0 Å². The second-order valence-corrected chi connectivity index (χ2v) is 9.41. The Bertz CT molecular complexity index is 252. The third-order valence-electron chi connectivity index (χ3n) is 4.17. The van der Waals surface area contributed by atoms with Crippen molar-refractivity contribution in [1.29, 1.82) is 0 Å². The molecule has 1 saturated carbocycles. The summed E-state index contributed by atoms with van der Waals surface area (Å²) in [4.78, 5) is 0. The summed E-state index contributed by atoms with van der Waals surface area (Å²) in [7, 11) is 0. The standard InChI is InChI=1S/C14H28O.C6H13.C4H9.Y/c1-11(2)5-6-13-9-14(10-13)15-8-7-12(3)4;1-4-5-6(2)3;1-4(2)3;/h11-14H,5-10H2,1-4H3;6H,1,4-5H2,2-3H3;4H,1H2,2-3H3;/q;2*-1;. The summed E-state index contributed by atoms with van der Waals surface area (Å²) < 4.78 is 5.83. The maximum Gasteiger partial charge on any atom is 0.0580 e. The first-order valence-electron chi connectivity index (χ1n) is 10.8. The maximum atomic E-state index is 5.83. The molecule has 0 heterocycles. The van der Waals surface area contributed by atoms with Gasteiger partial charge in [-0.1, -0.05) is 74.7 Å². The molecule has 0 aromatic heterocycles.